The Bertz CT molecular complexity index is 813. The van der Waals surface area contributed by atoms with Gasteiger partial charge in [-0.05, 0) is 23.8 Å². The summed E-state index contributed by atoms with van der Waals surface area (Å²) in [6.07, 6.45) is 0.138. The number of nitrogens with zero attached hydrogens (tertiary/aromatic N) is 2. The van der Waals surface area contributed by atoms with E-state index in [1.165, 1.54) is 12.1 Å². The van der Waals surface area contributed by atoms with Crippen molar-refractivity contribution >= 4 is 28.7 Å². The second kappa shape index (κ2) is 5.88. The highest BCUT2D eigenvalue weighted by atomic mass is 16.6. The van der Waals surface area contributed by atoms with Crippen molar-refractivity contribution in [1.29, 1.82) is 0 Å². The van der Waals surface area contributed by atoms with Crippen LogP contribution in [0.15, 0.2) is 47.5 Å². The maximum absolute atomic E-state index is 12.0. The van der Waals surface area contributed by atoms with Crippen LogP contribution in [0.5, 0.6) is 0 Å². The molecule has 2 aromatic rings. The van der Waals surface area contributed by atoms with Crippen LogP contribution in [0.2, 0.25) is 0 Å². The van der Waals surface area contributed by atoms with Crippen molar-refractivity contribution in [3.63, 3.8) is 0 Å². The summed E-state index contributed by atoms with van der Waals surface area (Å²) in [6, 6.07) is 11.6. The number of nitrogens with two attached hydrogens (primary N) is 1. The van der Waals surface area contributed by atoms with E-state index in [1.807, 2.05) is 6.07 Å². The molecule has 0 bridgehead atoms. The minimum atomic E-state index is -0.432. The summed E-state index contributed by atoms with van der Waals surface area (Å²) in [5.74, 6) is 0.278. The zero-order chi connectivity index (χ0) is 16.4. The van der Waals surface area contributed by atoms with Crippen molar-refractivity contribution < 1.29 is 9.72 Å². The summed E-state index contributed by atoms with van der Waals surface area (Å²) >= 11 is 0. The third-order valence-electron chi connectivity index (χ3n) is 3.55. The number of carbonyl (C=O) groups excluding carboxylic acids is 1. The minimum absolute atomic E-state index is 0.0496. The molecule has 1 heterocycles. The molecule has 0 fully saturated rings. The third-order valence-corrected chi connectivity index (χ3v) is 3.55. The van der Waals surface area contributed by atoms with Gasteiger partial charge in [-0.15, -0.1) is 0 Å². The van der Waals surface area contributed by atoms with Gasteiger partial charge in [0.05, 0.1) is 17.0 Å². The van der Waals surface area contributed by atoms with E-state index in [-0.39, 0.29) is 17.9 Å². The van der Waals surface area contributed by atoms with E-state index < -0.39 is 4.92 Å². The first-order chi connectivity index (χ1) is 11.0. The van der Waals surface area contributed by atoms with E-state index in [0.717, 1.165) is 11.3 Å². The summed E-state index contributed by atoms with van der Waals surface area (Å²) in [4.78, 5) is 26.3. The van der Waals surface area contributed by atoms with Gasteiger partial charge in [0.1, 0.15) is 5.84 Å². The number of nitro benzene ring substituents is 1. The lowest BCUT2D eigenvalue weighted by Crippen LogP contribution is -2.20. The van der Waals surface area contributed by atoms with Crippen LogP contribution in [-0.2, 0) is 6.54 Å². The lowest BCUT2D eigenvalue weighted by atomic mass is 10.0. The maximum Gasteiger partial charge on any atom is 0.269 e. The van der Waals surface area contributed by atoms with Crippen LogP contribution in [0.4, 0.5) is 17.1 Å². The molecular weight excluding hydrogens is 296 g/mol. The van der Waals surface area contributed by atoms with E-state index >= 15 is 0 Å². The van der Waals surface area contributed by atoms with Crippen LogP contribution in [0.25, 0.3) is 0 Å². The molecule has 3 rings (SSSR count). The Kier molecular flexibility index (Phi) is 3.76. The van der Waals surface area contributed by atoms with Gasteiger partial charge < -0.3 is 11.1 Å². The van der Waals surface area contributed by atoms with Crippen molar-refractivity contribution in [2.24, 2.45) is 10.7 Å². The molecule has 0 aliphatic carbocycles. The van der Waals surface area contributed by atoms with Gasteiger partial charge >= 0.3 is 0 Å². The van der Waals surface area contributed by atoms with Crippen LogP contribution in [-0.4, -0.2) is 16.5 Å². The number of hydrogen-bond acceptors (Lipinski definition) is 6. The van der Waals surface area contributed by atoms with Gasteiger partial charge in [-0.25, -0.2) is 4.99 Å². The number of benzene rings is 2. The van der Waals surface area contributed by atoms with E-state index in [9.17, 15) is 14.9 Å². The number of anilines is 1. The van der Waals surface area contributed by atoms with Crippen molar-refractivity contribution in [2.75, 3.05) is 5.32 Å². The minimum Gasteiger partial charge on any atom is -0.387 e. The van der Waals surface area contributed by atoms with E-state index in [4.69, 9.17) is 5.73 Å². The summed E-state index contributed by atoms with van der Waals surface area (Å²) < 4.78 is 0. The number of aliphatic imine (C=N–C) groups is 1. The molecule has 0 unspecified atom stereocenters. The van der Waals surface area contributed by atoms with Crippen LogP contribution in [0, 0.1) is 10.1 Å². The Hall–Kier alpha value is -3.22. The zero-order valence-corrected chi connectivity index (χ0v) is 12.2. The molecule has 0 aromatic heterocycles. The van der Waals surface area contributed by atoms with E-state index in [0.29, 0.717) is 23.6 Å². The fraction of sp³-hybridized carbons (Fsp3) is 0.125. The lowest BCUT2D eigenvalue weighted by molar-refractivity contribution is -0.384. The lowest BCUT2D eigenvalue weighted by Gasteiger charge is -2.14. The summed E-state index contributed by atoms with van der Waals surface area (Å²) in [5.41, 5.74) is 8.49. The number of amidine groups is 1. The second-order valence-corrected chi connectivity index (χ2v) is 5.21. The highest BCUT2D eigenvalue weighted by Gasteiger charge is 2.18. The number of non-ortho nitro benzene ring substituents is 1. The van der Waals surface area contributed by atoms with Crippen molar-refractivity contribution in [1.82, 2.24) is 0 Å². The van der Waals surface area contributed by atoms with E-state index in [2.05, 4.69) is 10.3 Å². The second-order valence-electron chi connectivity index (χ2n) is 5.21. The highest BCUT2D eigenvalue weighted by Crippen LogP contribution is 2.28. The topological polar surface area (TPSA) is 111 Å². The monoisotopic (exact) mass is 310 g/mol. The first kappa shape index (κ1) is 14.7. The van der Waals surface area contributed by atoms with Crippen molar-refractivity contribution in [3.8, 4) is 0 Å². The van der Waals surface area contributed by atoms with Crippen molar-refractivity contribution in [3.05, 3.63) is 63.7 Å². The Morgan fingerprint density at radius 3 is 2.65 bits per heavy atom. The first-order valence-corrected chi connectivity index (χ1v) is 7.00. The molecule has 0 saturated carbocycles. The fourth-order valence-corrected chi connectivity index (χ4v) is 2.36. The average molecular weight is 310 g/mol. The summed E-state index contributed by atoms with van der Waals surface area (Å²) in [5, 5.41) is 13.8. The molecule has 0 saturated heterocycles. The molecule has 0 radical (unpaired) electrons. The molecule has 7 nitrogen and oxygen atoms in total. The Morgan fingerprint density at radius 2 is 1.96 bits per heavy atom. The summed E-state index contributed by atoms with van der Waals surface area (Å²) in [6.45, 7) is 0.496. The maximum atomic E-state index is 12.0. The third kappa shape index (κ3) is 3.18. The number of fused-ring (bicyclic) bond motifs is 1. The molecule has 7 heteroatoms. The van der Waals surface area contributed by atoms with Crippen molar-refractivity contribution in [2.45, 2.75) is 13.0 Å². The normalized spacial score (nSPS) is 13.2. The number of rotatable bonds is 4. The Balaban J connectivity index is 1.73. The fourth-order valence-electron chi connectivity index (χ4n) is 2.36. The first-order valence-electron chi connectivity index (χ1n) is 7.00. The standard InChI is InChI=1S/C16H14N4O3/c17-16-8-15(21)13-7-11(3-6-14(13)19-16)18-9-10-1-4-12(5-2-10)20(22)23/h1-7,18H,8-9H2,(H2,17,19). The molecule has 0 amide bonds. The van der Waals surface area contributed by atoms with E-state index in [1.54, 1.807) is 24.3 Å². The smallest absolute Gasteiger partial charge is 0.269 e. The number of ketones is 1. The molecule has 23 heavy (non-hydrogen) atoms. The zero-order valence-electron chi connectivity index (χ0n) is 12.2. The largest absolute Gasteiger partial charge is 0.387 e. The number of nitro groups is 1. The molecule has 1 aliphatic heterocycles. The molecular formula is C16H14N4O3. The molecule has 2 aromatic carbocycles. The Morgan fingerprint density at radius 1 is 1.22 bits per heavy atom. The quantitative estimate of drug-likeness (QED) is 0.666. The number of Topliss-reactive ketones (excluding diaryl/α,β-unsaturated/α-hetero) is 1. The summed E-state index contributed by atoms with van der Waals surface area (Å²) in [7, 11) is 0. The predicted octanol–water partition coefficient (Wildman–Crippen LogP) is 2.78. The number of carbonyl (C=O) groups is 1. The predicted molar refractivity (Wildman–Crippen MR) is 87.1 cm³/mol. The van der Waals surface area contributed by atoms with Gasteiger partial charge in [0.25, 0.3) is 5.69 Å². The SMILES string of the molecule is NC1=Nc2ccc(NCc3ccc([N+](=O)[O-])cc3)cc2C(=O)C1. The van der Waals surface area contributed by atoms with Gasteiger partial charge in [0.2, 0.25) is 0 Å². The molecule has 0 spiro atoms. The average Bonchev–Trinajstić information content (AvgIpc) is 2.53. The van der Waals surface area contributed by atoms with Gasteiger partial charge in [0, 0.05) is 29.9 Å². The van der Waals surface area contributed by atoms with Gasteiger partial charge in [0.15, 0.2) is 5.78 Å². The van der Waals surface area contributed by atoms with Crippen LogP contribution >= 0.6 is 0 Å². The number of nitrogens with one attached hydrogen (secondary N) is 1. The molecule has 0 atom stereocenters. The van der Waals surface area contributed by atoms with Gasteiger partial charge in [-0.1, -0.05) is 12.1 Å². The van der Waals surface area contributed by atoms with Crippen LogP contribution in [0.1, 0.15) is 22.3 Å². The molecule has 3 N–H and O–H groups in total. The van der Waals surface area contributed by atoms with Gasteiger partial charge in [-0.2, -0.15) is 0 Å². The highest BCUT2D eigenvalue weighted by molar-refractivity contribution is 6.15. The van der Waals surface area contributed by atoms with Crippen LogP contribution in [0.3, 0.4) is 0 Å². The molecule has 116 valence electrons. The molecule has 1 aliphatic rings. The van der Waals surface area contributed by atoms with Crippen LogP contribution < -0.4 is 11.1 Å². The van der Waals surface area contributed by atoms with Gasteiger partial charge in [-0.3, -0.25) is 14.9 Å². The Labute approximate surface area is 132 Å². The number of hydrogen-bond donors (Lipinski definition) is 2.